The maximum absolute atomic E-state index is 13.3. The predicted molar refractivity (Wildman–Crippen MR) is 97.6 cm³/mol. The van der Waals surface area contributed by atoms with Gasteiger partial charge >= 0.3 is 6.18 Å². The lowest BCUT2D eigenvalue weighted by Crippen LogP contribution is -2.57. The van der Waals surface area contributed by atoms with Crippen LogP contribution >= 0.6 is 0 Å². The number of nitrogens with zero attached hydrogens (tertiary/aromatic N) is 2. The summed E-state index contributed by atoms with van der Waals surface area (Å²) in [6, 6.07) is 3.77. The number of halogens is 3. The van der Waals surface area contributed by atoms with Gasteiger partial charge in [0.1, 0.15) is 5.75 Å². The van der Waals surface area contributed by atoms with E-state index in [4.69, 9.17) is 4.74 Å². The Labute approximate surface area is 157 Å². The zero-order chi connectivity index (χ0) is 20.5. The molecule has 152 valence electrons. The first-order valence-electron chi connectivity index (χ1n) is 8.33. The molecule has 0 aliphatic carbocycles. The first-order chi connectivity index (χ1) is 12.4. The van der Waals surface area contributed by atoms with Crippen molar-refractivity contribution in [3.8, 4) is 5.75 Å². The largest absolute Gasteiger partial charge is 0.497 e. The zero-order valence-corrected chi connectivity index (χ0v) is 16.5. The fourth-order valence-electron chi connectivity index (χ4n) is 2.93. The highest BCUT2D eigenvalue weighted by Crippen LogP contribution is 2.34. The van der Waals surface area contributed by atoms with Crippen molar-refractivity contribution in [3.63, 3.8) is 0 Å². The van der Waals surface area contributed by atoms with Crippen molar-refractivity contribution in [3.05, 3.63) is 29.3 Å². The van der Waals surface area contributed by atoms with Crippen LogP contribution in [0.5, 0.6) is 5.75 Å². The molecule has 10 heteroatoms. The molecular formula is C17H24F3N3O3S. The Hall–Kier alpha value is -1.97. The minimum atomic E-state index is -4.52. The van der Waals surface area contributed by atoms with Crippen LogP contribution in [0.4, 0.5) is 13.2 Å². The van der Waals surface area contributed by atoms with Gasteiger partial charge < -0.3 is 15.0 Å². The van der Waals surface area contributed by atoms with Crippen LogP contribution in [0.25, 0.3) is 0 Å². The summed E-state index contributed by atoms with van der Waals surface area (Å²) in [7, 11) is -0.406. The molecule has 1 saturated heterocycles. The van der Waals surface area contributed by atoms with E-state index in [1.165, 1.54) is 26.3 Å². The van der Waals surface area contributed by atoms with E-state index in [9.17, 15) is 21.6 Å². The number of methoxy groups -OCH3 is 1. The van der Waals surface area contributed by atoms with Crippen molar-refractivity contribution in [2.24, 2.45) is 4.99 Å². The van der Waals surface area contributed by atoms with Gasteiger partial charge in [-0.25, -0.2) is 8.42 Å². The topological polar surface area (TPSA) is 71.0 Å². The van der Waals surface area contributed by atoms with Crippen molar-refractivity contribution in [2.45, 2.75) is 31.3 Å². The van der Waals surface area contributed by atoms with Crippen molar-refractivity contribution in [1.29, 1.82) is 0 Å². The van der Waals surface area contributed by atoms with E-state index in [1.807, 2.05) is 0 Å². The number of benzene rings is 1. The van der Waals surface area contributed by atoms with E-state index in [0.29, 0.717) is 5.96 Å². The molecule has 0 radical (unpaired) electrons. The van der Waals surface area contributed by atoms with E-state index < -0.39 is 26.3 Å². The first-order valence-corrected chi connectivity index (χ1v) is 9.98. The van der Waals surface area contributed by atoms with Gasteiger partial charge in [0.05, 0.1) is 23.2 Å². The summed E-state index contributed by atoms with van der Waals surface area (Å²) in [5.74, 6) is 0.456. The van der Waals surface area contributed by atoms with Gasteiger partial charge in [-0.2, -0.15) is 13.2 Å². The zero-order valence-electron chi connectivity index (χ0n) is 15.7. The Morgan fingerprint density at radius 1 is 1.37 bits per heavy atom. The molecule has 1 heterocycles. The number of sulfone groups is 1. The Morgan fingerprint density at radius 2 is 2.04 bits per heavy atom. The Bertz CT molecular complexity index is 820. The van der Waals surface area contributed by atoms with Crippen molar-refractivity contribution in [2.75, 3.05) is 33.0 Å². The molecule has 1 fully saturated rings. The van der Waals surface area contributed by atoms with Crippen LogP contribution in [0.2, 0.25) is 0 Å². The molecule has 0 bridgehead atoms. The molecule has 27 heavy (non-hydrogen) atoms. The molecule has 0 amide bonds. The maximum atomic E-state index is 13.3. The van der Waals surface area contributed by atoms with Crippen LogP contribution in [0, 0.1) is 0 Å². The van der Waals surface area contributed by atoms with E-state index in [-0.39, 0.29) is 36.7 Å². The minimum Gasteiger partial charge on any atom is -0.497 e. The number of hydrogen-bond donors (Lipinski definition) is 1. The van der Waals surface area contributed by atoms with Crippen LogP contribution in [-0.2, 0) is 22.6 Å². The Kier molecular flexibility index (Phi) is 5.98. The fourth-order valence-corrected chi connectivity index (χ4v) is 4.30. The summed E-state index contributed by atoms with van der Waals surface area (Å²) in [6.07, 6.45) is -4.52. The van der Waals surface area contributed by atoms with Crippen molar-refractivity contribution < 1.29 is 26.3 Å². The molecule has 1 N–H and O–H groups in total. The van der Waals surface area contributed by atoms with E-state index >= 15 is 0 Å². The summed E-state index contributed by atoms with van der Waals surface area (Å²) >= 11 is 0. The number of nitrogens with one attached hydrogen (secondary N) is 1. The number of guanidine groups is 1. The van der Waals surface area contributed by atoms with E-state index in [0.717, 1.165) is 6.07 Å². The average molecular weight is 407 g/mol. The SMILES string of the molecule is CN=C(NCc1ccc(OC)cc1C(F)(F)F)N1CCS(=O)(=O)C(C)(C)C1. The molecule has 1 aliphatic rings. The van der Waals surface area contributed by atoms with Gasteiger partial charge in [-0.05, 0) is 31.5 Å². The second-order valence-corrected chi connectivity index (χ2v) is 9.66. The highest BCUT2D eigenvalue weighted by atomic mass is 32.2. The molecule has 0 saturated carbocycles. The third kappa shape index (κ3) is 4.66. The van der Waals surface area contributed by atoms with Gasteiger partial charge in [-0.15, -0.1) is 0 Å². The van der Waals surface area contributed by atoms with Gasteiger partial charge in [0.2, 0.25) is 0 Å². The number of rotatable bonds is 3. The van der Waals surface area contributed by atoms with Gasteiger partial charge in [0, 0.05) is 26.7 Å². The van der Waals surface area contributed by atoms with Crippen molar-refractivity contribution in [1.82, 2.24) is 10.2 Å². The van der Waals surface area contributed by atoms with Gasteiger partial charge in [-0.1, -0.05) is 6.07 Å². The number of hydrogen-bond acceptors (Lipinski definition) is 4. The second kappa shape index (κ2) is 7.57. The molecule has 1 aromatic rings. The predicted octanol–water partition coefficient (Wildman–Crippen LogP) is 2.30. The van der Waals surface area contributed by atoms with Crippen LogP contribution in [0.15, 0.2) is 23.2 Å². The summed E-state index contributed by atoms with van der Waals surface area (Å²) in [4.78, 5) is 5.84. The third-order valence-electron chi connectivity index (χ3n) is 4.61. The van der Waals surface area contributed by atoms with E-state index in [2.05, 4.69) is 10.3 Å². The van der Waals surface area contributed by atoms with E-state index in [1.54, 1.807) is 18.7 Å². The van der Waals surface area contributed by atoms with Gasteiger partial charge in [-0.3, -0.25) is 4.99 Å². The highest BCUT2D eigenvalue weighted by Gasteiger charge is 2.41. The lowest BCUT2D eigenvalue weighted by molar-refractivity contribution is -0.138. The molecule has 2 rings (SSSR count). The maximum Gasteiger partial charge on any atom is 0.416 e. The molecule has 1 aliphatic heterocycles. The quantitative estimate of drug-likeness (QED) is 0.615. The molecule has 6 nitrogen and oxygen atoms in total. The lowest BCUT2D eigenvalue weighted by atomic mass is 10.1. The van der Waals surface area contributed by atoms with Crippen LogP contribution < -0.4 is 10.1 Å². The van der Waals surface area contributed by atoms with Crippen molar-refractivity contribution >= 4 is 15.8 Å². The van der Waals surface area contributed by atoms with Gasteiger partial charge in [0.25, 0.3) is 0 Å². The van der Waals surface area contributed by atoms with Crippen LogP contribution in [0.3, 0.4) is 0 Å². The van der Waals surface area contributed by atoms with Crippen LogP contribution in [-0.4, -0.2) is 57.0 Å². The second-order valence-electron chi connectivity index (χ2n) is 6.92. The van der Waals surface area contributed by atoms with Crippen LogP contribution in [0.1, 0.15) is 25.0 Å². The Balaban J connectivity index is 2.18. The fraction of sp³-hybridized carbons (Fsp3) is 0.588. The molecule has 0 aromatic heterocycles. The molecule has 1 aromatic carbocycles. The summed E-state index contributed by atoms with van der Waals surface area (Å²) in [5, 5.41) is 2.91. The lowest BCUT2D eigenvalue weighted by Gasteiger charge is -2.39. The van der Waals surface area contributed by atoms with Gasteiger partial charge in [0.15, 0.2) is 15.8 Å². The molecule has 0 unspecified atom stereocenters. The summed E-state index contributed by atoms with van der Waals surface area (Å²) < 4.78 is 68.1. The average Bonchev–Trinajstić information content (AvgIpc) is 2.57. The molecular weight excluding hydrogens is 383 g/mol. The molecule has 0 atom stereocenters. The standard InChI is InChI=1S/C17H24F3N3O3S/c1-16(2)11-23(7-8-27(16,24)25)15(21-3)22-10-12-5-6-13(26-4)9-14(12)17(18,19)20/h5-6,9H,7-8,10-11H2,1-4H3,(H,21,22). The minimum absolute atomic E-state index is 0.0307. The highest BCUT2D eigenvalue weighted by molar-refractivity contribution is 7.92. The molecule has 0 spiro atoms. The first kappa shape index (κ1) is 21.3. The number of aliphatic imine (C=N–C) groups is 1. The third-order valence-corrected chi connectivity index (χ3v) is 7.15. The Morgan fingerprint density at radius 3 is 2.56 bits per heavy atom. The monoisotopic (exact) mass is 407 g/mol. The normalized spacial score (nSPS) is 19.7. The summed E-state index contributed by atoms with van der Waals surface area (Å²) in [6.45, 7) is 3.61. The number of ether oxygens (including phenoxy) is 1. The smallest absolute Gasteiger partial charge is 0.416 e. The summed E-state index contributed by atoms with van der Waals surface area (Å²) in [5.41, 5.74) is -0.736. The number of alkyl halides is 3.